The van der Waals surface area contributed by atoms with Crippen molar-refractivity contribution in [1.29, 1.82) is 0 Å². The number of nitrogens with one attached hydrogen (secondary N) is 2. The number of carbonyl (C=O) groups is 1. The van der Waals surface area contributed by atoms with Gasteiger partial charge in [-0.05, 0) is 44.9 Å². The number of amides is 1. The van der Waals surface area contributed by atoms with Crippen LogP contribution in [0.15, 0.2) is 18.2 Å². The van der Waals surface area contributed by atoms with Crippen molar-refractivity contribution in [2.24, 2.45) is 0 Å². The third-order valence-corrected chi connectivity index (χ3v) is 3.99. The number of morpholine rings is 1. The minimum Gasteiger partial charge on any atom is -0.364 e. The highest BCUT2D eigenvalue weighted by Gasteiger charge is 2.25. The van der Waals surface area contributed by atoms with Gasteiger partial charge in [0, 0.05) is 5.69 Å². The van der Waals surface area contributed by atoms with Crippen LogP contribution in [0.3, 0.4) is 0 Å². The van der Waals surface area contributed by atoms with E-state index in [2.05, 4.69) is 25.2 Å². The van der Waals surface area contributed by atoms with E-state index in [1.54, 1.807) is 0 Å². The molecule has 1 aliphatic heterocycles. The van der Waals surface area contributed by atoms with Crippen LogP contribution in [0, 0.1) is 13.8 Å². The van der Waals surface area contributed by atoms with Gasteiger partial charge >= 0.3 is 0 Å². The summed E-state index contributed by atoms with van der Waals surface area (Å²) in [4.78, 5) is 13.6. The summed E-state index contributed by atoms with van der Waals surface area (Å²) in [6.45, 7) is 11.1. The molecule has 21 heavy (non-hydrogen) atoms. The van der Waals surface area contributed by atoms with Crippen LogP contribution in [-0.2, 0) is 9.53 Å². The predicted molar refractivity (Wildman–Crippen MR) is 84.7 cm³/mol. The molecule has 0 radical (unpaired) electrons. The fourth-order valence-corrected chi connectivity index (χ4v) is 2.97. The molecule has 2 N–H and O–H groups in total. The zero-order valence-electron chi connectivity index (χ0n) is 13.5. The highest BCUT2D eigenvalue weighted by atomic mass is 16.5. The predicted octanol–water partition coefficient (Wildman–Crippen LogP) is 1.32. The number of aryl methyl sites for hydroxylation is 2. The molecule has 0 bridgehead atoms. The monoisotopic (exact) mass is 291 g/mol. The topological polar surface area (TPSA) is 42.8 Å². The first-order valence-corrected chi connectivity index (χ1v) is 7.80. The minimum absolute atomic E-state index is 0.1000. The van der Waals surface area contributed by atoms with Gasteiger partial charge in [-0.25, -0.2) is 0 Å². The Bertz CT molecular complexity index is 492. The first-order valence-electron chi connectivity index (χ1n) is 7.80. The first-order chi connectivity index (χ1) is 9.94. The van der Waals surface area contributed by atoms with Gasteiger partial charge in [0.15, 0.2) is 0 Å². The Morgan fingerprint density at radius 1 is 1.29 bits per heavy atom. The number of anilines is 1. The average molecular weight is 291 g/mol. The van der Waals surface area contributed by atoms with Crippen molar-refractivity contribution in [3.8, 4) is 0 Å². The maximum atomic E-state index is 12.1. The van der Waals surface area contributed by atoms with E-state index < -0.39 is 0 Å². The zero-order chi connectivity index (χ0) is 15.4. The van der Waals surface area contributed by atoms with Crippen LogP contribution in [0.4, 0.5) is 5.69 Å². The molecule has 2 atom stereocenters. The molecule has 116 valence electrons. The number of hydrogen-bond donors (Lipinski definition) is 2. The van der Waals surface area contributed by atoms with Gasteiger partial charge in [-0.1, -0.05) is 12.1 Å². The highest BCUT2D eigenvalue weighted by Crippen LogP contribution is 2.16. The normalized spacial score (nSPS) is 25.6. The van der Waals surface area contributed by atoms with Gasteiger partial charge in [0.25, 0.3) is 0 Å². The molecule has 0 aromatic heterocycles. The summed E-state index contributed by atoms with van der Waals surface area (Å²) in [5, 5.41) is 3.03. The minimum atomic E-state index is 0.1000. The van der Waals surface area contributed by atoms with Crippen LogP contribution >= 0.6 is 0 Å². The second-order valence-electron chi connectivity index (χ2n) is 6.28. The van der Waals surface area contributed by atoms with Crippen LogP contribution in [0.5, 0.6) is 0 Å². The Labute approximate surface area is 127 Å². The Balaban J connectivity index is 1.83. The molecule has 2 rings (SSSR count). The molecule has 0 saturated carbocycles. The van der Waals surface area contributed by atoms with Crippen molar-refractivity contribution >= 4 is 11.6 Å². The van der Waals surface area contributed by atoms with Gasteiger partial charge in [-0.3, -0.25) is 4.79 Å². The Hall–Kier alpha value is -1.39. The van der Waals surface area contributed by atoms with E-state index in [0.29, 0.717) is 6.42 Å². The zero-order valence-corrected chi connectivity index (χ0v) is 13.5. The molecule has 0 unspecified atom stereocenters. The maximum absolute atomic E-state index is 12.1. The lowest BCUT2D eigenvalue weighted by atomic mass is 10.1. The molecular weight excluding hydrogens is 264 g/mol. The van der Waals surface area contributed by atoms with E-state index in [0.717, 1.165) is 36.4 Å². The summed E-state index contributed by atoms with van der Waals surface area (Å²) in [5.41, 5.74) is 3.20. The highest BCUT2D eigenvalue weighted by molar-refractivity contribution is 5.91. The van der Waals surface area contributed by atoms with Crippen LogP contribution < -0.4 is 10.2 Å². The lowest BCUT2D eigenvalue weighted by Gasteiger charge is -2.32. The molecule has 1 fully saturated rings. The SMILES string of the molecule is Cc1ccc(C)c(NC(=O)CC[NH+]2C[C@@H](C)O[C@H](C)C2)c1. The smallest absolute Gasteiger partial charge is 0.230 e. The van der Waals surface area contributed by atoms with Crippen LogP contribution in [0.25, 0.3) is 0 Å². The molecule has 4 heteroatoms. The second kappa shape index (κ2) is 7.05. The number of ether oxygens (including phenoxy) is 1. The van der Waals surface area contributed by atoms with Gasteiger partial charge in [0.05, 0.1) is 13.0 Å². The summed E-state index contributed by atoms with van der Waals surface area (Å²) in [6.07, 6.45) is 1.12. The molecule has 1 aliphatic rings. The number of carbonyl (C=O) groups excluding carboxylic acids is 1. The van der Waals surface area contributed by atoms with Crippen molar-refractivity contribution in [3.63, 3.8) is 0 Å². The van der Waals surface area contributed by atoms with E-state index in [-0.39, 0.29) is 18.1 Å². The quantitative estimate of drug-likeness (QED) is 0.879. The maximum Gasteiger partial charge on any atom is 0.230 e. The Kier molecular flexibility index (Phi) is 5.37. The van der Waals surface area contributed by atoms with Crippen molar-refractivity contribution in [1.82, 2.24) is 0 Å². The molecule has 1 heterocycles. The second-order valence-corrected chi connectivity index (χ2v) is 6.28. The molecule has 0 aliphatic carbocycles. The standard InChI is InChI=1S/C17H26N2O2/c1-12-5-6-13(2)16(9-12)18-17(20)7-8-19-10-14(3)21-15(4)11-19/h5-6,9,14-15H,7-8,10-11H2,1-4H3,(H,18,20)/p+1/t14-,15-/m1/s1. The van der Waals surface area contributed by atoms with Gasteiger partial charge in [-0.15, -0.1) is 0 Å². The molecule has 4 nitrogen and oxygen atoms in total. The van der Waals surface area contributed by atoms with Crippen molar-refractivity contribution in [2.45, 2.75) is 46.3 Å². The first kappa shape index (κ1) is 16.0. The third-order valence-electron chi connectivity index (χ3n) is 3.99. The number of rotatable bonds is 4. The third kappa shape index (κ3) is 4.83. The summed E-state index contributed by atoms with van der Waals surface area (Å²) < 4.78 is 5.73. The molecule has 1 aromatic rings. The number of hydrogen-bond acceptors (Lipinski definition) is 2. The molecule has 1 saturated heterocycles. The summed E-state index contributed by atoms with van der Waals surface area (Å²) in [7, 11) is 0. The molecule has 0 spiro atoms. The van der Waals surface area contributed by atoms with Gasteiger partial charge in [0.1, 0.15) is 25.3 Å². The fraction of sp³-hybridized carbons (Fsp3) is 0.588. The van der Waals surface area contributed by atoms with Crippen molar-refractivity contribution < 1.29 is 14.4 Å². The van der Waals surface area contributed by atoms with Crippen LogP contribution in [0.1, 0.15) is 31.4 Å². The van der Waals surface area contributed by atoms with E-state index in [9.17, 15) is 4.79 Å². The molecule has 1 aromatic carbocycles. The van der Waals surface area contributed by atoms with E-state index >= 15 is 0 Å². The van der Waals surface area contributed by atoms with Crippen molar-refractivity contribution in [3.05, 3.63) is 29.3 Å². The van der Waals surface area contributed by atoms with Gasteiger partial charge in [-0.2, -0.15) is 0 Å². The lowest BCUT2D eigenvalue weighted by molar-refractivity contribution is -0.914. The Morgan fingerprint density at radius 2 is 1.95 bits per heavy atom. The van der Waals surface area contributed by atoms with Gasteiger partial charge in [0.2, 0.25) is 5.91 Å². The summed E-state index contributed by atoms with van der Waals surface area (Å²) >= 11 is 0. The van der Waals surface area contributed by atoms with Gasteiger partial charge < -0.3 is 15.0 Å². The van der Waals surface area contributed by atoms with E-state index in [1.807, 2.05) is 26.0 Å². The average Bonchev–Trinajstić information content (AvgIpc) is 2.40. The lowest BCUT2D eigenvalue weighted by Crippen LogP contribution is -3.15. The number of quaternary nitrogens is 1. The van der Waals surface area contributed by atoms with Crippen LogP contribution in [0.2, 0.25) is 0 Å². The summed E-state index contributed by atoms with van der Waals surface area (Å²) in [6, 6.07) is 6.13. The molecule has 1 amide bonds. The van der Waals surface area contributed by atoms with E-state index in [1.165, 1.54) is 4.90 Å². The molecular formula is C17H27N2O2+. The fourth-order valence-electron chi connectivity index (χ4n) is 2.97. The van der Waals surface area contributed by atoms with E-state index in [4.69, 9.17) is 4.74 Å². The number of benzene rings is 1. The largest absolute Gasteiger partial charge is 0.364 e. The van der Waals surface area contributed by atoms with Crippen LogP contribution in [-0.4, -0.2) is 37.7 Å². The Morgan fingerprint density at radius 3 is 2.62 bits per heavy atom. The summed E-state index contributed by atoms with van der Waals surface area (Å²) in [5.74, 6) is 0.1000. The van der Waals surface area contributed by atoms with Crippen molar-refractivity contribution in [2.75, 3.05) is 25.0 Å².